The first-order chi connectivity index (χ1) is 20.6. The van der Waals surface area contributed by atoms with Gasteiger partial charge < -0.3 is 19.5 Å². The van der Waals surface area contributed by atoms with Crippen LogP contribution in [0.15, 0.2) is 66.9 Å². The number of carbonyl (C=O) groups is 2. The molecule has 2 aromatic carbocycles. The molecular weight excluding hydrogens is 565 g/mol. The summed E-state index contributed by atoms with van der Waals surface area (Å²) < 4.78 is 52.9. The second kappa shape index (κ2) is 12.2. The lowest BCUT2D eigenvalue weighted by Crippen LogP contribution is -2.37. The van der Waals surface area contributed by atoms with Crippen LogP contribution in [0.3, 0.4) is 0 Å². The van der Waals surface area contributed by atoms with Gasteiger partial charge in [-0.25, -0.2) is 19.3 Å². The van der Waals surface area contributed by atoms with E-state index in [1.807, 2.05) is 25.1 Å². The molecule has 0 spiro atoms. The Morgan fingerprint density at radius 3 is 2.37 bits per heavy atom. The van der Waals surface area contributed by atoms with E-state index in [0.717, 1.165) is 24.0 Å². The summed E-state index contributed by atoms with van der Waals surface area (Å²) in [6.07, 6.45) is -2.90. The Hall–Kier alpha value is -4.87. The first-order valence-electron chi connectivity index (χ1n) is 13.6. The second-order valence-corrected chi connectivity index (χ2v) is 10.2. The number of pyridine rings is 1. The zero-order valence-electron chi connectivity index (χ0n) is 23.5. The predicted octanol–water partition coefficient (Wildman–Crippen LogP) is 6.48. The highest BCUT2D eigenvalue weighted by atomic mass is 19.4. The monoisotopic (exact) mass is 594 g/mol. The number of carboxylic acid groups (broad SMARTS) is 1. The van der Waals surface area contributed by atoms with Crippen LogP contribution < -0.4 is 4.74 Å². The fourth-order valence-corrected chi connectivity index (χ4v) is 5.25. The largest absolute Gasteiger partial charge is 0.488 e. The molecule has 224 valence electrons. The van der Waals surface area contributed by atoms with Gasteiger partial charge in [-0.2, -0.15) is 18.3 Å². The number of alkyl halides is 3. The van der Waals surface area contributed by atoms with Gasteiger partial charge in [-0.05, 0) is 60.6 Å². The number of aryl methyl sites for hydroxylation is 1. The van der Waals surface area contributed by atoms with E-state index >= 15 is 0 Å². The average molecular weight is 595 g/mol. The van der Waals surface area contributed by atoms with E-state index in [1.54, 1.807) is 23.1 Å². The fraction of sp³-hybridized carbons (Fsp3) is 0.290. The van der Waals surface area contributed by atoms with E-state index in [9.17, 15) is 27.9 Å². The summed E-state index contributed by atoms with van der Waals surface area (Å²) in [5, 5.41) is 12.9. The Labute approximate surface area is 245 Å². The molecule has 1 amide bonds. The molecule has 0 atom stereocenters. The minimum Gasteiger partial charge on any atom is -0.488 e. The molecule has 43 heavy (non-hydrogen) atoms. The molecule has 3 heterocycles. The lowest BCUT2D eigenvalue weighted by molar-refractivity contribution is -0.143. The van der Waals surface area contributed by atoms with E-state index < -0.39 is 23.4 Å². The molecule has 2 aromatic heterocycles. The highest BCUT2D eigenvalue weighted by Crippen LogP contribution is 2.36. The maximum absolute atomic E-state index is 13.8. The van der Waals surface area contributed by atoms with Gasteiger partial charge in [0.2, 0.25) is 0 Å². The maximum atomic E-state index is 13.8. The van der Waals surface area contributed by atoms with Crippen molar-refractivity contribution in [2.45, 2.75) is 38.5 Å². The van der Waals surface area contributed by atoms with Gasteiger partial charge in [-0.1, -0.05) is 42.5 Å². The van der Waals surface area contributed by atoms with Crippen molar-refractivity contribution in [2.24, 2.45) is 0 Å². The van der Waals surface area contributed by atoms with Gasteiger partial charge >= 0.3 is 18.2 Å². The molecular formula is C31H29F3N4O5. The Kier molecular flexibility index (Phi) is 8.38. The van der Waals surface area contributed by atoms with Crippen LogP contribution in [0, 0.1) is 6.92 Å². The van der Waals surface area contributed by atoms with Crippen LogP contribution in [0.5, 0.6) is 5.75 Å². The van der Waals surface area contributed by atoms with Crippen molar-refractivity contribution in [3.63, 3.8) is 0 Å². The number of hydrogen-bond acceptors (Lipinski definition) is 6. The first kappa shape index (κ1) is 29.6. The van der Waals surface area contributed by atoms with Crippen molar-refractivity contribution in [3.8, 4) is 22.8 Å². The summed E-state index contributed by atoms with van der Waals surface area (Å²) >= 11 is 0. The molecule has 0 aliphatic carbocycles. The second-order valence-electron chi connectivity index (χ2n) is 10.2. The Balaban J connectivity index is 1.35. The number of methoxy groups -OCH3 is 1. The molecule has 1 fully saturated rings. The number of halogens is 3. The molecule has 12 heteroatoms. The lowest BCUT2D eigenvalue weighted by atomic mass is 9.89. The van der Waals surface area contributed by atoms with Crippen molar-refractivity contribution >= 4 is 12.1 Å². The van der Waals surface area contributed by atoms with Crippen molar-refractivity contribution in [1.29, 1.82) is 0 Å². The smallest absolute Gasteiger partial charge is 0.434 e. The number of para-hydroxylation sites is 1. The van der Waals surface area contributed by atoms with Gasteiger partial charge in [0.25, 0.3) is 0 Å². The van der Waals surface area contributed by atoms with Crippen molar-refractivity contribution in [3.05, 3.63) is 94.8 Å². The first-order valence-corrected chi connectivity index (χ1v) is 13.6. The fourth-order valence-electron chi connectivity index (χ4n) is 5.25. The number of carboxylic acids is 1. The summed E-state index contributed by atoms with van der Waals surface area (Å²) in [6.45, 7) is 3.40. The van der Waals surface area contributed by atoms with E-state index in [-0.39, 0.29) is 18.5 Å². The Morgan fingerprint density at radius 2 is 1.72 bits per heavy atom. The Morgan fingerprint density at radius 1 is 1.02 bits per heavy atom. The summed E-state index contributed by atoms with van der Waals surface area (Å²) in [6, 6.07) is 18.0. The molecule has 5 rings (SSSR count). The molecule has 0 saturated carbocycles. The molecule has 0 radical (unpaired) electrons. The normalized spacial score (nSPS) is 14.0. The number of benzene rings is 2. The topological polar surface area (TPSA) is 107 Å². The molecule has 1 aliphatic heterocycles. The lowest BCUT2D eigenvalue weighted by Gasteiger charge is -2.31. The number of carbonyl (C=O) groups excluding carboxylic acids is 1. The number of nitrogens with zero attached hydrogens (tertiary/aromatic N) is 4. The third kappa shape index (κ3) is 6.32. The maximum Gasteiger partial charge on any atom is 0.434 e. The van der Waals surface area contributed by atoms with Crippen LogP contribution in [0.25, 0.3) is 17.1 Å². The van der Waals surface area contributed by atoms with Gasteiger partial charge in [0.05, 0.1) is 19.0 Å². The average Bonchev–Trinajstić information content (AvgIpc) is 3.47. The van der Waals surface area contributed by atoms with E-state index in [4.69, 9.17) is 9.47 Å². The molecule has 1 N–H and O–H groups in total. The molecule has 4 aromatic rings. The molecule has 9 nitrogen and oxygen atoms in total. The number of likely N-dealkylation sites (tertiary alicyclic amines) is 1. The van der Waals surface area contributed by atoms with Gasteiger partial charge in [-0.3, -0.25) is 0 Å². The number of aromatic carboxylic acids is 1. The predicted molar refractivity (Wildman–Crippen MR) is 150 cm³/mol. The van der Waals surface area contributed by atoms with Gasteiger partial charge in [0.15, 0.2) is 11.5 Å². The van der Waals surface area contributed by atoms with Gasteiger partial charge in [0.1, 0.15) is 17.9 Å². The molecule has 0 unspecified atom stereocenters. The number of ether oxygens (including phenoxy) is 2. The third-order valence-electron chi connectivity index (χ3n) is 7.47. The van der Waals surface area contributed by atoms with Crippen LogP contribution in [-0.4, -0.2) is 57.0 Å². The highest BCUT2D eigenvalue weighted by Gasteiger charge is 2.41. The summed E-state index contributed by atoms with van der Waals surface area (Å²) in [5.74, 6) is -1.05. The summed E-state index contributed by atoms with van der Waals surface area (Å²) in [5.41, 5.74) is 1.45. The zero-order valence-corrected chi connectivity index (χ0v) is 23.5. The number of aromatic nitrogens is 3. The van der Waals surface area contributed by atoms with Crippen LogP contribution in [-0.2, 0) is 17.5 Å². The summed E-state index contributed by atoms with van der Waals surface area (Å²) in [4.78, 5) is 29.3. The molecule has 1 saturated heterocycles. The number of amides is 1. The minimum atomic E-state index is -4.96. The summed E-state index contributed by atoms with van der Waals surface area (Å²) in [7, 11) is 1.38. The van der Waals surface area contributed by atoms with Crippen LogP contribution in [0.2, 0.25) is 0 Å². The number of piperidine rings is 1. The van der Waals surface area contributed by atoms with Crippen molar-refractivity contribution < 1.29 is 37.3 Å². The highest BCUT2D eigenvalue weighted by molar-refractivity contribution is 5.89. The van der Waals surface area contributed by atoms with E-state index in [2.05, 4.69) is 22.2 Å². The van der Waals surface area contributed by atoms with Gasteiger partial charge in [0, 0.05) is 18.7 Å². The number of rotatable bonds is 7. The molecule has 0 bridgehead atoms. The van der Waals surface area contributed by atoms with Crippen LogP contribution in [0.4, 0.5) is 18.0 Å². The molecule has 1 aliphatic rings. The van der Waals surface area contributed by atoms with Gasteiger partial charge in [-0.15, -0.1) is 0 Å². The minimum absolute atomic E-state index is 0.183. The van der Waals surface area contributed by atoms with Crippen molar-refractivity contribution in [1.82, 2.24) is 19.7 Å². The quantitative estimate of drug-likeness (QED) is 0.261. The zero-order chi connectivity index (χ0) is 30.7. The van der Waals surface area contributed by atoms with Crippen LogP contribution in [0.1, 0.15) is 51.5 Å². The van der Waals surface area contributed by atoms with Crippen LogP contribution >= 0.6 is 0 Å². The standard InChI is InChI=1S/C31H29F3N4O5/c1-19-5-3-6-23(25-7-4-8-26(36-25)38-28(31(32,33)34)24(17-35-38)29(39)40)27(19)43-18-20-9-11-21(12-10-20)22-13-15-37(16-14-22)30(41)42-2/h3-12,17,22H,13-16,18H2,1-2H3,(H,39,40). The van der Waals surface area contributed by atoms with E-state index in [0.29, 0.717) is 46.9 Å². The SMILES string of the molecule is COC(=O)N1CCC(c2ccc(COc3c(C)cccc3-c3cccc(-n4ncc(C(=O)O)c4C(F)(F)F)n3)cc2)CC1. The van der Waals surface area contributed by atoms with Crippen molar-refractivity contribution in [2.75, 3.05) is 20.2 Å². The third-order valence-corrected chi connectivity index (χ3v) is 7.47. The van der Waals surface area contributed by atoms with E-state index in [1.165, 1.54) is 24.8 Å². The number of hydrogen-bond donors (Lipinski definition) is 1. The Bertz CT molecular complexity index is 1630.